The minimum absolute atomic E-state index is 0.00986. The van der Waals surface area contributed by atoms with E-state index in [0.717, 1.165) is 25.8 Å². The van der Waals surface area contributed by atoms with Gasteiger partial charge in [0.1, 0.15) is 0 Å². The third kappa shape index (κ3) is 3.45. The van der Waals surface area contributed by atoms with Crippen LogP contribution in [0.25, 0.3) is 0 Å². The first-order valence-corrected chi connectivity index (χ1v) is 6.98. The van der Waals surface area contributed by atoms with Crippen molar-refractivity contribution < 1.29 is 9.59 Å². The SMILES string of the molecule is CC1NCCCN(CC(=O)NC2CCCC2)C1=O. The predicted molar refractivity (Wildman–Crippen MR) is 69.1 cm³/mol. The van der Waals surface area contributed by atoms with E-state index in [-0.39, 0.29) is 24.4 Å². The van der Waals surface area contributed by atoms with Gasteiger partial charge in [0.25, 0.3) is 0 Å². The summed E-state index contributed by atoms with van der Waals surface area (Å²) in [7, 11) is 0. The number of hydrogen-bond donors (Lipinski definition) is 2. The predicted octanol–water partition coefficient (Wildman–Crippen LogP) is 0.256. The Bertz CT molecular complexity index is 313. The molecule has 2 fully saturated rings. The molecule has 1 aliphatic carbocycles. The fourth-order valence-corrected chi connectivity index (χ4v) is 2.73. The molecule has 1 atom stereocenters. The van der Waals surface area contributed by atoms with E-state index in [1.165, 1.54) is 12.8 Å². The molecule has 2 aliphatic rings. The Hall–Kier alpha value is -1.10. The molecular weight excluding hydrogens is 230 g/mol. The van der Waals surface area contributed by atoms with Crippen LogP contribution in [-0.4, -0.2) is 48.4 Å². The number of nitrogens with one attached hydrogen (secondary N) is 2. The van der Waals surface area contributed by atoms with Crippen molar-refractivity contribution in [2.75, 3.05) is 19.6 Å². The number of carbonyl (C=O) groups is 2. The van der Waals surface area contributed by atoms with Crippen molar-refractivity contribution in [2.45, 2.75) is 51.1 Å². The number of nitrogens with zero attached hydrogens (tertiary/aromatic N) is 1. The third-order valence-electron chi connectivity index (χ3n) is 3.79. The Morgan fingerprint density at radius 3 is 2.83 bits per heavy atom. The summed E-state index contributed by atoms with van der Waals surface area (Å²) < 4.78 is 0. The number of rotatable bonds is 3. The lowest BCUT2D eigenvalue weighted by Crippen LogP contribution is -2.47. The maximum atomic E-state index is 12.0. The zero-order chi connectivity index (χ0) is 13.0. The lowest BCUT2D eigenvalue weighted by Gasteiger charge is -2.23. The minimum Gasteiger partial charge on any atom is -0.352 e. The molecule has 1 heterocycles. The largest absolute Gasteiger partial charge is 0.352 e. The van der Waals surface area contributed by atoms with Gasteiger partial charge in [-0.05, 0) is 32.7 Å². The quantitative estimate of drug-likeness (QED) is 0.758. The lowest BCUT2D eigenvalue weighted by molar-refractivity contribution is -0.136. The molecule has 18 heavy (non-hydrogen) atoms. The van der Waals surface area contributed by atoms with Gasteiger partial charge in [-0.2, -0.15) is 0 Å². The summed E-state index contributed by atoms with van der Waals surface area (Å²) in [5.41, 5.74) is 0. The van der Waals surface area contributed by atoms with E-state index in [2.05, 4.69) is 10.6 Å². The Morgan fingerprint density at radius 2 is 2.11 bits per heavy atom. The highest BCUT2D eigenvalue weighted by atomic mass is 16.2. The topological polar surface area (TPSA) is 61.4 Å². The van der Waals surface area contributed by atoms with Crippen molar-refractivity contribution in [3.05, 3.63) is 0 Å². The molecule has 1 saturated heterocycles. The summed E-state index contributed by atoms with van der Waals surface area (Å²) in [5.74, 6) is 0.0263. The highest BCUT2D eigenvalue weighted by Gasteiger charge is 2.25. The fraction of sp³-hybridized carbons (Fsp3) is 0.846. The summed E-state index contributed by atoms with van der Waals surface area (Å²) in [6.45, 7) is 3.58. The maximum absolute atomic E-state index is 12.0. The maximum Gasteiger partial charge on any atom is 0.239 e. The van der Waals surface area contributed by atoms with E-state index in [9.17, 15) is 9.59 Å². The van der Waals surface area contributed by atoms with Gasteiger partial charge in [0.05, 0.1) is 12.6 Å². The minimum atomic E-state index is -0.174. The van der Waals surface area contributed by atoms with Crippen molar-refractivity contribution in [2.24, 2.45) is 0 Å². The van der Waals surface area contributed by atoms with Crippen LogP contribution in [0.1, 0.15) is 39.0 Å². The summed E-state index contributed by atoms with van der Waals surface area (Å²) >= 11 is 0. The Kier molecular flexibility index (Phi) is 4.58. The molecule has 1 aliphatic heterocycles. The van der Waals surface area contributed by atoms with Crippen molar-refractivity contribution in [1.82, 2.24) is 15.5 Å². The molecule has 0 aromatic heterocycles. The molecule has 5 heteroatoms. The van der Waals surface area contributed by atoms with E-state index in [1.807, 2.05) is 6.92 Å². The molecule has 1 unspecified atom stereocenters. The smallest absolute Gasteiger partial charge is 0.239 e. The van der Waals surface area contributed by atoms with Crippen LogP contribution in [0.15, 0.2) is 0 Å². The van der Waals surface area contributed by atoms with Crippen molar-refractivity contribution in [3.8, 4) is 0 Å². The average molecular weight is 253 g/mol. The normalized spacial score (nSPS) is 26.2. The van der Waals surface area contributed by atoms with Crippen molar-refractivity contribution in [1.29, 1.82) is 0 Å². The first kappa shape index (κ1) is 13.3. The molecule has 5 nitrogen and oxygen atoms in total. The fourth-order valence-electron chi connectivity index (χ4n) is 2.73. The van der Waals surface area contributed by atoms with Crippen LogP contribution in [0.4, 0.5) is 0 Å². The zero-order valence-electron chi connectivity index (χ0n) is 11.1. The van der Waals surface area contributed by atoms with Crippen LogP contribution in [0.2, 0.25) is 0 Å². The molecule has 0 spiro atoms. The van der Waals surface area contributed by atoms with E-state index < -0.39 is 0 Å². The van der Waals surface area contributed by atoms with Gasteiger partial charge in [0.2, 0.25) is 11.8 Å². The number of amides is 2. The van der Waals surface area contributed by atoms with Gasteiger partial charge < -0.3 is 15.5 Å². The van der Waals surface area contributed by atoms with Crippen LogP contribution < -0.4 is 10.6 Å². The standard InChI is InChI=1S/C13H23N3O2/c1-10-13(18)16(8-4-7-14-10)9-12(17)15-11-5-2-3-6-11/h10-11,14H,2-9H2,1H3,(H,15,17). The van der Waals surface area contributed by atoms with Crippen LogP contribution in [-0.2, 0) is 9.59 Å². The van der Waals surface area contributed by atoms with E-state index >= 15 is 0 Å². The zero-order valence-corrected chi connectivity index (χ0v) is 11.1. The summed E-state index contributed by atoms with van der Waals surface area (Å²) in [4.78, 5) is 25.6. The van der Waals surface area contributed by atoms with Crippen LogP contribution >= 0.6 is 0 Å². The summed E-state index contributed by atoms with van der Waals surface area (Å²) in [5, 5.41) is 6.18. The van der Waals surface area contributed by atoms with Gasteiger partial charge in [-0.15, -0.1) is 0 Å². The monoisotopic (exact) mass is 253 g/mol. The molecule has 2 rings (SSSR count). The summed E-state index contributed by atoms with van der Waals surface area (Å²) in [6, 6.07) is 0.155. The second-order valence-corrected chi connectivity index (χ2v) is 5.34. The third-order valence-corrected chi connectivity index (χ3v) is 3.79. The van der Waals surface area contributed by atoms with Crippen LogP contribution in [0.5, 0.6) is 0 Å². The Balaban J connectivity index is 1.82. The highest BCUT2D eigenvalue weighted by molar-refractivity contribution is 5.87. The Labute approximate surface area is 108 Å². The van der Waals surface area contributed by atoms with Crippen molar-refractivity contribution in [3.63, 3.8) is 0 Å². The van der Waals surface area contributed by atoms with Gasteiger partial charge in [0.15, 0.2) is 0 Å². The molecule has 0 aromatic rings. The van der Waals surface area contributed by atoms with Gasteiger partial charge in [-0.1, -0.05) is 12.8 Å². The van der Waals surface area contributed by atoms with Crippen molar-refractivity contribution >= 4 is 11.8 Å². The Morgan fingerprint density at radius 1 is 1.39 bits per heavy atom. The molecule has 2 amide bonds. The van der Waals surface area contributed by atoms with E-state index in [1.54, 1.807) is 4.90 Å². The number of carbonyl (C=O) groups excluding carboxylic acids is 2. The molecule has 0 aromatic carbocycles. The molecule has 0 bridgehead atoms. The first-order chi connectivity index (χ1) is 8.66. The second-order valence-electron chi connectivity index (χ2n) is 5.34. The molecule has 1 saturated carbocycles. The van der Waals surface area contributed by atoms with Gasteiger partial charge >= 0.3 is 0 Å². The number of hydrogen-bond acceptors (Lipinski definition) is 3. The van der Waals surface area contributed by atoms with Gasteiger partial charge in [-0.25, -0.2) is 0 Å². The van der Waals surface area contributed by atoms with Gasteiger partial charge in [-0.3, -0.25) is 9.59 Å². The average Bonchev–Trinajstić information content (AvgIpc) is 2.79. The molecule has 2 N–H and O–H groups in total. The summed E-state index contributed by atoms with van der Waals surface area (Å²) in [6.07, 6.45) is 5.48. The van der Waals surface area contributed by atoms with Crippen LogP contribution in [0, 0.1) is 0 Å². The van der Waals surface area contributed by atoms with Crippen LogP contribution in [0.3, 0.4) is 0 Å². The molecular formula is C13H23N3O2. The lowest BCUT2D eigenvalue weighted by atomic mass is 10.2. The highest BCUT2D eigenvalue weighted by Crippen LogP contribution is 2.17. The first-order valence-electron chi connectivity index (χ1n) is 6.98. The molecule has 102 valence electrons. The molecule has 0 radical (unpaired) electrons. The van der Waals surface area contributed by atoms with E-state index in [0.29, 0.717) is 12.6 Å². The van der Waals surface area contributed by atoms with E-state index in [4.69, 9.17) is 0 Å². The second kappa shape index (κ2) is 6.18. The van der Waals surface area contributed by atoms with Gasteiger partial charge in [0, 0.05) is 12.6 Å².